The quantitative estimate of drug-likeness (QED) is 0.461. The molecule has 0 unspecified atom stereocenters. The van der Waals surface area contributed by atoms with Gasteiger partial charge in [0.25, 0.3) is 0 Å². The van der Waals surface area contributed by atoms with Crippen LogP contribution in [0.3, 0.4) is 0 Å². The van der Waals surface area contributed by atoms with Gasteiger partial charge in [-0.25, -0.2) is 4.79 Å². The van der Waals surface area contributed by atoms with E-state index < -0.39 is 12.3 Å². The van der Waals surface area contributed by atoms with Gasteiger partial charge < -0.3 is 18.4 Å². The fourth-order valence-corrected chi connectivity index (χ4v) is 2.05. The summed E-state index contributed by atoms with van der Waals surface area (Å²) < 4.78 is 55.3. The number of halogens is 3. The topological polar surface area (TPSA) is 74.7 Å². The van der Waals surface area contributed by atoms with Gasteiger partial charge in [-0.05, 0) is 35.9 Å². The molecule has 0 saturated carbocycles. The number of aromatic nitrogens is 1. The minimum Gasteiger partial charge on any atom is -0.461 e. The van der Waals surface area contributed by atoms with E-state index in [1.165, 1.54) is 24.5 Å². The predicted octanol–water partition coefficient (Wildman–Crippen LogP) is 4.59. The van der Waals surface area contributed by atoms with E-state index in [1.807, 2.05) is 0 Å². The van der Waals surface area contributed by atoms with Crippen molar-refractivity contribution in [2.45, 2.75) is 13.0 Å². The van der Waals surface area contributed by atoms with Gasteiger partial charge in [0, 0.05) is 12.1 Å². The van der Waals surface area contributed by atoms with Crippen LogP contribution in [0.1, 0.15) is 11.3 Å². The van der Waals surface area contributed by atoms with Gasteiger partial charge in [0.05, 0.1) is 6.26 Å². The maximum atomic E-state index is 12.1. The zero-order valence-corrected chi connectivity index (χ0v) is 13.6. The monoisotopic (exact) mass is 379 g/mol. The lowest BCUT2D eigenvalue weighted by atomic mass is 10.2. The van der Waals surface area contributed by atoms with Crippen molar-refractivity contribution >= 4 is 12.0 Å². The van der Waals surface area contributed by atoms with Crippen LogP contribution in [0.4, 0.5) is 13.2 Å². The molecule has 0 fully saturated rings. The molecule has 0 amide bonds. The molecule has 0 N–H and O–H groups in total. The molecule has 3 rings (SSSR count). The van der Waals surface area contributed by atoms with Crippen molar-refractivity contribution in [3.63, 3.8) is 0 Å². The highest BCUT2D eigenvalue weighted by atomic mass is 19.4. The molecule has 0 aliphatic rings. The number of nitrogens with zero attached hydrogens (tertiary/aromatic N) is 1. The Kier molecular flexibility index (Phi) is 5.30. The van der Waals surface area contributed by atoms with Gasteiger partial charge in [-0.3, -0.25) is 0 Å². The number of ether oxygens (including phenoxy) is 2. The smallest absolute Gasteiger partial charge is 0.461 e. The van der Waals surface area contributed by atoms with Crippen LogP contribution >= 0.6 is 0 Å². The van der Waals surface area contributed by atoms with Crippen LogP contribution in [0.2, 0.25) is 0 Å². The normalized spacial score (nSPS) is 11.7. The number of furan rings is 1. The van der Waals surface area contributed by atoms with E-state index in [0.717, 1.165) is 18.2 Å². The molecule has 0 atom stereocenters. The van der Waals surface area contributed by atoms with Crippen LogP contribution in [-0.4, -0.2) is 17.5 Å². The molecule has 0 radical (unpaired) electrons. The molecule has 0 aliphatic heterocycles. The van der Waals surface area contributed by atoms with Gasteiger partial charge in [-0.15, -0.1) is 13.2 Å². The van der Waals surface area contributed by atoms with Crippen molar-refractivity contribution in [1.29, 1.82) is 0 Å². The number of alkyl halides is 3. The Balaban J connectivity index is 1.50. The van der Waals surface area contributed by atoms with E-state index in [4.69, 9.17) is 13.7 Å². The minimum absolute atomic E-state index is 0.105. The summed E-state index contributed by atoms with van der Waals surface area (Å²) in [6.07, 6.45) is -0.715. The minimum atomic E-state index is -4.75. The molecule has 3 aromatic rings. The van der Waals surface area contributed by atoms with Gasteiger partial charge in [0.2, 0.25) is 5.76 Å². The van der Waals surface area contributed by atoms with Crippen molar-refractivity contribution in [3.8, 4) is 17.3 Å². The SMILES string of the molecule is O=C(/C=C/c1ccc(OC(F)(F)F)cc1)OCc1cc(-c2ccco2)on1. The van der Waals surface area contributed by atoms with Crippen LogP contribution < -0.4 is 4.74 Å². The van der Waals surface area contributed by atoms with Gasteiger partial charge in [-0.1, -0.05) is 17.3 Å². The Bertz CT molecular complexity index is 911. The van der Waals surface area contributed by atoms with Crippen molar-refractivity contribution in [2.75, 3.05) is 0 Å². The molecule has 2 heterocycles. The molecular formula is C18H12F3NO5. The zero-order chi connectivity index (χ0) is 19.3. The first kappa shape index (κ1) is 18.3. The highest BCUT2D eigenvalue weighted by Gasteiger charge is 2.30. The number of hydrogen-bond donors (Lipinski definition) is 0. The lowest BCUT2D eigenvalue weighted by Gasteiger charge is -2.08. The number of rotatable bonds is 6. The summed E-state index contributed by atoms with van der Waals surface area (Å²) in [4.78, 5) is 11.7. The molecule has 6 nitrogen and oxygen atoms in total. The average Bonchev–Trinajstić information content (AvgIpc) is 3.29. The van der Waals surface area contributed by atoms with Crippen LogP contribution in [0.25, 0.3) is 17.6 Å². The molecular weight excluding hydrogens is 367 g/mol. The van der Waals surface area contributed by atoms with Crippen LogP contribution in [0, 0.1) is 0 Å². The largest absolute Gasteiger partial charge is 0.573 e. The van der Waals surface area contributed by atoms with Gasteiger partial charge >= 0.3 is 12.3 Å². The Hall–Kier alpha value is -3.49. The number of carbonyl (C=O) groups excluding carboxylic acids is 1. The molecule has 27 heavy (non-hydrogen) atoms. The Labute approximate surface area is 150 Å². The Morgan fingerprint density at radius 3 is 2.59 bits per heavy atom. The number of esters is 1. The maximum absolute atomic E-state index is 12.1. The lowest BCUT2D eigenvalue weighted by Crippen LogP contribution is -2.16. The lowest BCUT2D eigenvalue weighted by molar-refractivity contribution is -0.274. The summed E-state index contributed by atoms with van der Waals surface area (Å²) in [7, 11) is 0. The Morgan fingerprint density at radius 2 is 1.93 bits per heavy atom. The Morgan fingerprint density at radius 1 is 1.15 bits per heavy atom. The van der Waals surface area contributed by atoms with Crippen molar-refractivity contribution in [2.24, 2.45) is 0 Å². The maximum Gasteiger partial charge on any atom is 0.573 e. The molecule has 0 aliphatic carbocycles. The first-order chi connectivity index (χ1) is 12.9. The van der Waals surface area contributed by atoms with E-state index in [0.29, 0.717) is 22.8 Å². The first-order valence-corrected chi connectivity index (χ1v) is 7.59. The number of hydrogen-bond acceptors (Lipinski definition) is 6. The first-order valence-electron chi connectivity index (χ1n) is 7.59. The highest BCUT2D eigenvalue weighted by Crippen LogP contribution is 2.23. The second-order valence-corrected chi connectivity index (χ2v) is 5.22. The molecule has 9 heteroatoms. The molecule has 140 valence electrons. The van der Waals surface area contributed by atoms with E-state index >= 15 is 0 Å². The molecule has 2 aromatic heterocycles. The fraction of sp³-hybridized carbons (Fsp3) is 0.111. The molecule has 1 aromatic carbocycles. The van der Waals surface area contributed by atoms with Crippen LogP contribution in [0.5, 0.6) is 5.75 Å². The third kappa shape index (κ3) is 5.50. The highest BCUT2D eigenvalue weighted by molar-refractivity contribution is 5.87. The van der Waals surface area contributed by atoms with Crippen LogP contribution in [-0.2, 0) is 16.1 Å². The standard InChI is InChI=1S/C18H12F3NO5/c19-18(20,21)26-14-6-3-12(4-7-14)5-8-17(23)25-11-13-10-16(27-22-13)15-2-1-9-24-15/h1-10H,11H2/b8-5+. The van der Waals surface area contributed by atoms with Crippen molar-refractivity contribution in [1.82, 2.24) is 5.16 Å². The van der Waals surface area contributed by atoms with Gasteiger partial charge in [-0.2, -0.15) is 0 Å². The van der Waals surface area contributed by atoms with Gasteiger partial charge in [0.1, 0.15) is 18.1 Å². The number of benzene rings is 1. The van der Waals surface area contributed by atoms with E-state index in [9.17, 15) is 18.0 Å². The summed E-state index contributed by atoms with van der Waals surface area (Å²) in [5, 5.41) is 3.76. The zero-order valence-electron chi connectivity index (χ0n) is 13.6. The van der Waals surface area contributed by atoms with E-state index in [2.05, 4.69) is 9.89 Å². The predicted molar refractivity (Wildman–Crippen MR) is 86.2 cm³/mol. The molecule has 0 spiro atoms. The van der Waals surface area contributed by atoms with Crippen molar-refractivity contribution < 1.29 is 36.4 Å². The summed E-state index contributed by atoms with van der Waals surface area (Å²) >= 11 is 0. The van der Waals surface area contributed by atoms with Crippen molar-refractivity contribution in [3.05, 3.63) is 66.1 Å². The third-order valence-corrected chi connectivity index (χ3v) is 3.21. The average molecular weight is 379 g/mol. The second kappa shape index (κ2) is 7.81. The molecule has 0 bridgehead atoms. The summed E-state index contributed by atoms with van der Waals surface area (Å²) in [6, 6.07) is 10.0. The van der Waals surface area contributed by atoms with E-state index in [-0.39, 0.29) is 12.4 Å². The summed E-state index contributed by atoms with van der Waals surface area (Å²) in [5.41, 5.74) is 0.903. The van der Waals surface area contributed by atoms with Crippen LogP contribution in [0.15, 0.2) is 63.7 Å². The summed E-state index contributed by atoms with van der Waals surface area (Å²) in [6.45, 7) is -0.105. The number of carbonyl (C=O) groups is 1. The molecule has 0 saturated heterocycles. The second-order valence-electron chi connectivity index (χ2n) is 5.22. The fourth-order valence-electron chi connectivity index (χ4n) is 2.05. The summed E-state index contributed by atoms with van der Waals surface area (Å²) in [5.74, 6) is -0.0885. The van der Waals surface area contributed by atoms with E-state index in [1.54, 1.807) is 18.2 Å². The van der Waals surface area contributed by atoms with Gasteiger partial charge in [0.15, 0.2) is 5.76 Å². The third-order valence-electron chi connectivity index (χ3n) is 3.21.